The van der Waals surface area contributed by atoms with E-state index in [0.717, 1.165) is 0 Å². The number of ether oxygens (including phenoxy) is 2. The monoisotopic (exact) mass is 243 g/mol. The van der Waals surface area contributed by atoms with Gasteiger partial charge in [-0.25, -0.2) is 0 Å². The van der Waals surface area contributed by atoms with E-state index in [4.69, 9.17) is 9.47 Å². The van der Waals surface area contributed by atoms with Gasteiger partial charge in [0.25, 0.3) is 0 Å². The molecule has 0 N–H and O–H groups in total. The first kappa shape index (κ1) is 12.1. The van der Waals surface area contributed by atoms with Crippen molar-refractivity contribution in [2.24, 2.45) is 0 Å². The molecule has 0 aliphatic rings. The standard InChI is InChI=1S/C14H13NO3/c1-17-12-6-11(7-13(8-12)18-2)14(16)10-4-3-5-15-9-10/h3-9H,1-2H3. The summed E-state index contributed by atoms with van der Waals surface area (Å²) < 4.78 is 10.3. The molecule has 0 spiro atoms. The zero-order valence-corrected chi connectivity index (χ0v) is 10.2. The van der Waals surface area contributed by atoms with Gasteiger partial charge >= 0.3 is 0 Å². The molecular weight excluding hydrogens is 230 g/mol. The Morgan fingerprint density at radius 1 is 1.06 bits per heavy atom. The van der Waals surface area contributed by atoms with Crippen LogP contribution in [0.15, 0.2) is 42.7 Å². The second-order valence-corrected chi connectivity index (χ2v) is 3.67. The van der Waals surface area contributed by atoms with E-state index in [9.17, 15) is 4.79 Å². The highest BCUT2D eigenvalue weighted by Gasteiger charge is 2.12. The normalized spacial score (nSPS) is 9.89. The summed E-state index contributed by atoms with van der Waals surface area (Å²) in [5.74, 6) is 1.06. The molecule has 0 aliphatic heterocycles. The molecule has 92 valence electrons. The van der Waals surface area contributed by atoms with Crippen LogP contribution >= 0.6 is 0 Å². The maximum absolute atomic E-state index is 12.2. The third-order valence-corrected chi connectivity index (χ3v) is 2.54. The van der Waals surface area contributed by atoms with Gasteiger partial charge < -0.3 is 9.47 Å². The SMILES string of the molecule is COc1cc(OC)cc(C(=O)c2cccnc2)c1. The van der Waals surface area contributed by atoms with Crippen LogP contribution in [-0.2, 0) is 0 Å². The van der Waals surface area contributed by atoms with E-state index < -0.39 is 0 Å². The maximum Gasteiger partial charge on any atom is 0.194 e. The van der Waals surface area contributed by atoms with E-state index in [1.54, 1.807) is 50.7 Å². The van der Waals surface area contributed by atoms with Gasteiger partial charge in [-0.05, 0) is 24.3 Å². The Hall–Kier alpha value is -2.36. The largest absolute Gasteiger partial charge is 0.497 e. The molecule has 0 radical (unpaired) electrons. The Balaban J connectivity index is 2.41. The Morgan fingerprint density at radius 2 is 1.72 bits per heavy atom. The lowest BCUT2D eigenvalue weighted by atomic mass is 10.0. The molecule has 4 heteroatoms. The molecule has 0 amide bonds. The Bertz CT molecular complexity index is 530. The molecule has 1 heterocycles. The van der Waals surface area contributed by atoms with Crippen molar-refractivity contribution in [2.75, 3.05) is 14.2 Å². The molecule has 0 saturated carbocycles. The van der Waals surface area contributed by atoms with Gasteiger partial charge in [0.1, 0.15) is 11.5 Å². The minimum Gasteiger partial charge on any atom is -0.497 e. The summed E-state index contributed by atoms with van der Waals surface area (Å²) in [7, 11) is 3.10. The van der Waals surface area contributed by atoms with Crippen molar-refractivity contribution in [3.63, 3.8) is 0 Å². The summed E-state index contributed by atoms with van der Waals surface area (Å²) in [5.41, 5.74) is 1.05. The molecular formula is C14H13NO3. The van der Waals surface area contributed by atoms with Gasteiger partial charge in [0.2, 0.25) is 0 Å². The van der Waals surface area contributed by atoms with E-state index in [-0.39, 0.29) is 5.78 Å². The van der Waals surface area contributed by atoms with Crippen molar-refractivity contribution in [2.45, 2.75) is 0 Å². The number of methoxy groups -OCH3 is 2. The molecule has 18 heavy (non-hydrogen) atoms. The summed E-state index contributed by atoms with van der Waals surface area (Å²) in [4.78, 5) is 16.2. The topological polar surface area (TPSA) is 48.4 Å². The molecule has 2 rings (SSSR count). The van der Waals surface area contributed by atoms with Crippen LogP contribution in [0.2, 0.25) is 0 Å². The molecule has 0 atom stereocenters. The van der Waals surface area contributed by atoms with Crippen molar-refractivity contribution < 1.29 is 14.3 Å². The van der Waals surface area contributed by atoms with Crippen LogP contribution in [0.4, 0.5) is 0 Å². The zero-order valence-electron chi connectivity index (χ0n) is 10.2. The van der Waals surface area contributed by atoms with Gasteiger partial charge in [0.05, 0.1) is 14.2 Å². The number of aromatic nitrogens is 1. The maximum atomic E-state index is 12.2. The van der Waals surface area contributed by atoms with Crippen molar-refractivity contribution >= 4 is 5.78 Å². The first-order chi connectivity index (χ1) is 8.74. The fraction of sp³-hybridized carbons (Fsp3) is 0.143. The van der Waals surface area contributed by atoms with Gasteiger partial charge in [0.15, 0.2) is 5.78 Å². The van der Waals surface area contributed by atoms with Crippen molar-refractivity contribution in [1.82, 2.24) is 4.98 Å². The molecule has 0 aliphatic carbocycles. The van der Waals surface area contributed by atoms with Gasteiger partial charge in [0, 0.05) is 29.6 Å². The number of pyridine rings is 1. The predicted octanol–water partition coefficient (Wildman–Crippen LogP) is 2.33. The number of carbonyl (C=O) groups excluding carboxylic acids is 1. The molecule has 4 nitrogen and oxygen atoms in total. The van der Waals surface area contributed by atoms with E-state index in [1.807, 2.05) is 0 Å². The third-order valence-electron chi connectivity index (χ3n) is 2.54. The third kappa shape index (κ3) is 2.48. The Labute approximate surface area is 105 Å². The second kappa shape index (κ2) is 5.31. The average Bonchev–Trinajstić information content (AvgIpc) is 2.46. The number of ketones is 1. The van der Waals surface area contributed by atoms with Crippen LogP contribution < -0.4 is 9.47 Å². The molecule has 0 fully saturated rings. The van der Waals surface area contributed by atoms with Gasteiger partial charge in [-0.1, -0.05) is 0 Å². The van der Waals surface area contributed by atoms with Crippen molar-refractivity contribution in [1.29, 1.82) is 0 Å². The predicted molar refractivity (Wildman–Crippen MR) is 67.2 cm³/mol. The second-order valence-electron chi connectivity index (χ2n) is 3.67. The first-order valence-corrected chi connectivity index (χ1v) is 5.42. The van der Waals surface area contributed by atoms with Crippen LogP contribution in [-0.4, -0.2) is 25.0 Å². The number of nitrogens with zero attached hydrogens (tertiary/aromatic N) is 1. The minimum atomic E-state index is -0.111. The molecule has 0 bridgehead atoms. The summed E-state index contributed by atoms with van der Waals surface area (Å²) in [6, 6.07) is 8.53. The van der Waals surface area contributed by atoms with E-state index in [0.29, 0.717) is 22.6 Å². The fourth-order valence-corrected chi connectivity index (χ4v) is 1.60. The first-order valence-electron chi connectivity index (χ1n) is 5.42. The quantitative estimate of drug-likeness (QED) is 0.773. The van der Waals surface area contributed by atoms with Gasteiger partial charge in [-0.2, -0.15) is 0 Å². The minimum absolute atomic E-state index is 0.111. The van der Waals surface area contributed by atoms with Crippen molar-refractivity contribution in [3.05, 3.63) is 53.9 Å². The highest BCUT2D eigenvalue weighted by atomic mass is 16.5. The molecule has 0 unspecified atom stereocenters. The number of hydrogen-bond donors (Lipinski definition) is 0. The summed E-state index contributed by atoms with van der Waals surface area (Å²) >= 11 is 0. The Morgan fingerprint density at radius 3 is 2.22 bits per heavy atom. The smallest absolute Gasteiger partial charge is 0.194 e. The highest BCUT2D eigenvalue weighted by Crippen LogP contribution is 2.24. The van der Waals surface area contributed by atoms with Crippen molar-refractivity contribution in [3.8, 4) is 11.5 Å². The van der Waals surface area contributed by atoms with Crippen LogP contribution in [0.25, 0.3) is 0 Å². The van der Waals surface area contributed by atoms with E-state index in [1.165, 1.54) is 6.20 Å². The van der Waals surface area contributed by atoms with Gasteiger partial charge in [-0.15, -0.1) is 0 Å². The lowest BCUT2D eigenvalue weighted by molar-refractivity contribution is 0.103. The average molecular weight is 243 g/mol. The molecule has 0 saturated heterocycles. The summed E-state index contributed by atoms with van der Waals surface area (Å²) in [5, 5.41) is 0. The molecule has 2 aromatic rings. The van der Waals surface area contributed by atoms with Crippen LogP contribution in [0.3, 0.4) is 0 Å². The van der Waals surface area contributed by atoms with E-state index in [2.05, 4.69) is 4.98 Å². The zero-order chi connectivity index (χ0) is 13.0. The fourth-order valence-electron chi connectivity index (χ4n) is 1.60. The lowest BCUT2D eigenvalue weighted by Crippen LogP contribution is -2.02. The molecule has 1 aromatic carbocycles. The van der Waals surface area contributed by atoms with Crippen LogP contribution in [0.1, 0.15) is 15.9 Å². The number of rotatable bonds is 4. The van der Waals surface area contributed by atoms with Crippen LogP contribution in [0.5, 0.6) is 11.5 Å². The van der Waals surface area contributed by atoms with E-state index >= 15 is 0 Å². The summed E-state index contributed by atoms with van der Waals surface area (Å²) in [6.07, 6.45) is 3.16. The lowest BCUT2D eigenvalue weighted by Gasteiger charge is -2.07. The Kier molecular flexibility index (Phi) is 3.57. The highest BCUT2D eigenvalue weighted by molar-refractivity contribution is 6.09. The number of carbonyl (C=O) groups is 1. The molecule has 1 aromatic heterocycles. The summed E-state index contributed by atoms with van der Waals surface area (Å²) in [6.45, 7) is 0. The van der Waals surface area contributed by atoms with Gasteiger partial charge in [-0.3, -0.25) is 9.78 Å². The number of hydrogen-bond acceptors (Lipinski definition) is 4. The number of benzene rings is 1. The van der Waals surface area contributed by atoms with Crippen LogP contribution in [0, 0.1) is 0 Å².